The molecule has 0 heterocycles. The summed E-state index contributed by atoms with van der Waals surface area (Å²) < 4.78 is 0. The van der Waals surface area contributed by atoms with Crippen molar-refractivity contribution in [3.8, 4) is 6.07 Å². The monoisotopic (exact) mass is 178 g/mol. The molecule has 0 saturated heterocycles. The summed E-state index contributed by atoms with van der Waals surface area (Å²) in [6.45, 7) is 3.55. The van der Waals surface area contributed by atoms with Crippen molar-refractivity contribution in [2.45, 2.75) is 26.3 Å². The molecule has 1 aliphatic rings. The van der Waals surface area contributed by atoms with Crippen molar-refractivity contribution >= 4 is 5.91 Å². The van der Waals surface area contributed by atoms with Crippen LogP contribution in [-0.2, 0) is 4.79 Å². The lowest BCUT2D eigenvalue weighted by molar-refractivity contribution is -0.119. The first-order valence-electron chi connectivity index (χ1n) is 4.48. The standard InChI is InChI=1S/C10H14N2O/c1-7-3-4-10(12-8(2)13)9(5-7)6-11/h3-4,7,9-10H,5H2,1-2H3,(H,12,13)/t7-,9+,10+/m1/s1. The lowest BCUT2D eigenvalue weighted by Crippen LogP contribution is -2.39. The highest BCUT2D eigenvalue weighted by atomic mass is 16.1. The predicted molar refractivity (Wildman–Crippen MR) is 49.6 cm³/mol. The van der Waals surface area contributed by atoms with Crippen molar-refractivity contribution in [1.82, 2.24) is 5.32 Å². The number of rotatable bonds is 1. The molecule has 13 heavy (non-hydrogen) atoms. The Morgan fingerprint density at radius 3 is 2.85 bits per heavy atom. The van der Waals surface area contributed by atoms with Crippen LogP contribution in [0.15, 0.2) is 12.2 Å². The summed E-state index contributed by atoms with van der Waals surface area (Å²) in [7, 11) is 0. The minimum Gasteiger partial charge on any atom is -0.349 e. The minimum atomic E-state index is -0.0984. The molecular formula is C10H14N2O. The van der Waals surface area contributed by atoms with Gasteiger partial charge in [-0.15, -0.1) is 0 Å². The molecule has 0 unspecified atom stereocenters. The van der Waals surface area contributed by atoms with E-state index in [0.717, 1.165) is 6.42 Å². The number of carbonyl (C=O) groups excluding carboxylic acids is 1. The molecule has 3 heteroatoms. The van der Waals surface area contributed by atoms with Gasteiger partial charge in [0, 0.05) is 6.92 Å². The topological polar surface area (TPSA) is 52.9 Å². The van der Waals surface area contributed by atoms with Gasteiger partial charge in [-0.25, -0.2) is 0 Å². The summed E-state index contributed by atoms with van der Waals surface area (Å²) in [6.07, 6.45) is 4.80. The maximum atomic E-state index is 10.8. The first-order valence-corrected chi connectivity index (χ1v) is 4.48. The van der Waals surface area contributed by atoms with Crippen LogP contribution in [0.3, 0.4) is 0 Å². The van der Waals surface area contributed by atoms with Crippen molar-refractivity contribution in [2.24, 2.45) is 11.8 Å². The Bertz CT molecular complexity index is 265. The number of nitrogens with one attached hydrogen (secondary N) is 1. The number of amides is 1. The van der Waals surface area contributed by atoms with Gasteiger partial charge < -0.3 is 5.32 Å². The molecular weight excluding hydrogens is 164 g/mol. The van der Waals surface area contributed by atoms with E-state index in [1.807, 2.05) is 6.08 Å². The third-order valence-corrected chi connectivity index (χ3v) is 2.24. The van der Waals surface area contributed by atoms with E-state index < -0.39 is 0 Å². The summed E-state index contributed by atoms with van der Waals surface area (Å²) in [5.41, 5.74) is 0. The molecule has 70 valence electrons. The second-order valence-corrected chi connectivity index (χ2v) is 3.56. The molecule has 1 rings (SSSR count). The van der Waals surface area contributed by atoms with Gasteiger partial charge in [-0.2, -0.15) is 5.26 Å². The van der Waals surface area contributed by atoms with Gasteiger partial charge in [0.05, 0.1) is 18.0 Å². The molecule has 0 bridgehead atoms. The molecule has 3 atom stereocenters. The van der Waals surface area contributed by atoms with Gasteiger partial charge in [0.2, 0.25) is 5.91 Å². The molecule has 0 radical (unpaired) electrons. The normalized spacial score (nSPS) is 32.2. The van der Waals surface area contributed by atoms with Gasteiger partial charge in [0.15, 0.2) is 0 Å². The largest absolute Gasteiger partial charge is 0.349 e. The quantitative estimate of drug-likeness (QED) is 0.614. The second-order valence-electron chi connectivity index (χ2n) is 3.56. The zero-order chi connectivity index (χ0) is 9.84. The third-order valence-electron chi connectivity index (χ3n) is 2.24. The van der Waals surface area contributed by atoms with Gasteiger partial charge in [0.1, 0.15) is 0 Å². The Labute approximate surface area is 78.4 Å². The fourth-order valence-electron chi connectivity index (χ4n) is 1.59. The van der Waals surface area contributed by atoms with Crippen LogP contribution >= 0.6 is 0 Å². The highest BCUT2D eigenvalue weighted by Gasteiger charge is 2.24. The molecule has 0 saturated carbocycles. The lowest BCUT2D eigenvalue weighted by Gasteiger charge is -2.25. The highest BCUT2D eigenvalue weighted by Crippen LogP contribution is 2.22. The molecule has 0 fully saturated rings. The van der Waals surface area contributed by atoms with Crippen molar-refractivity contribution in [1.29, 1.82) is 5.26 Å². The number of allylic oxidation sites excluding steroid dienone is 1. The Kier molecular flexibility index (Phi) is 3.07. The fraction of sp³-hybridized carbons (Fsp3) is 0.600. The maximum absolute atomic E-state index is 10.8. The van der Waals surface area contributed by atoms with E-state index in [1.54, 1.807) is 0 Å². The number of carbonyl (C=O) groups is 1. The van der Waals surface area contributed by atoms with E-state index >= 15 is 0 Å². The van der Waals surface area contributed by atoms with Crippen molar-refractivity contribution < 1.29 is 4.79 Å². The summed E-state index contributed by atoms with van der Waals surface area (Å²) in [4.78, 5) is 10.8. The molecule has 1 N–H and O–H groups in total. The summed E-state index contributed by atoms with van der Waals surface area (Å²) in [5, 5.41) is 11.6. The summed E-state index contributed by atoms with van der Waals surface area (Å²) in [5.74, 6) is 0.281. The first-order chi connectivity index (χ1) is 6.13. The third kappa shape index (κ3) is 2.59. The van der Waals surface area contributed by atoms with E-state index in [0.29, 0.717) is 5.92 Å². The van der Waals surface area contributed by atoms with Crippen LogP contribution < -0.4 is 5.32 Å². The Morgan fingerprint density at radius 1 is 1.62 bits per heavy atom. The van der Waals surface area contributed by atoms with Crippen LogP contribution in [0, 0.1) is 23.2 Å². The van der Waals surface area contributed by atoms with E-state index in [1.165, 1.54) is 6.92 Å². The zero-order valence-electron chi connectivity index (χ0n) is 7.95. The zero-order valence-corrected chi connectivity index (χ0v) is 7.95. The number of nitriles is 1. The molecule has 1 amide bonds. The van der Waals surface area contributed by atoms with Crippen molar-refractivity contribution in [2.75, 3.05) is 0 Å². The Balaban J connectivity index is 2.66. The smallest absolute Gasteiger partial charge is 0.217 e. The summed E-state index contributed by atoms with van der Waals surface area (Å²) >= 11 is 0. The van der Waals surface area contributed by atoms with Crippen LogP contribution in [0.4, 0.5) is 0 Å². The van der Waals surface area contributed by atoms with Crippen molar-refractivity contribution in [3.05, 3.63) is 12.2 Å². The number of hydrogen-bond donors (Lipinski definition) is 1. The fourth-order valence-corrected chi connectivity index (χ4v) is 1.59. The van der Waals surface area contributed by atoms with E-state index in [-0.39, 0.29) is 17.9 Å². The second kappa shape index (κ2) is 4.08. The van der Waals surface area contributed by atoms with Gasteiger partial charge in [-0.3, -0.25) is 4.79 Å². The van der Waals surface area contributed by atoms with Crippen LogP contribution in [-0.4, -0.2) is 11.9 Å². The SMILES string of the molecule is CC(=O)N[C@H]1C=C[C@@H](C)C[C@H]1C#N. The molecule has 0 aliphatic heterocycles. The molecule has 0 aromatic rings. The van der Waals surface area contributed by atoms with E-state index in [9.17, 15) is 4.79 Å². The maximum Gasteiger partial charge on any atom is 0.217 e. The summed E-state index contributed by atoms with van der Waals surface area (Å²) in [6, 6.07) is 2.13. The van der Waals surface area contributed by atoms with Crippen LogP contribution in [0.1, 0.15) is 20.3 Å². The van der Waals surface area contributed by atoms with Crippen LogP contribution in [0.5, 0.6) is 0 Å². The number of hydrogen-bond acceptors (Lipinski definition) is 2. The predicted octanol–water partition coefficient (Wildman–Crippen LogP) is 1.23. The lowest BCUT2D eigenvalue weighted by atomic mass is 9.85. The molecule has 0 spiro atoms. The van der Waals surface area contributed by atoms with E-state index in [4.69, 9.17) is 5.26 Å². The molecule has 0 aromatic carbocycles. The average Bonchev–Trinajstić information content (AvgIpc) is 2.07. The van der Waals surface area contributed by atoms with Gasteiger partial charge in [-0.1, -0.05) is 19.1 Å². The number of nitrogens with zero attached hydrogens (tertiary/aromatic N) is 1. The Hall–Kier alpha value is -1.30. The minimum absolute atomic E-state index is 0.0792. The first kappa shape index (κ1) is 9.79. The van der Waals surface area contributed by atoms with Gasteiger partial charge in [-0.05, 0) is 12.3 Å². The highest BCUT2D eigenvalue weighted by molar-refractivity contribution is 5.73. The van der Waals surface area contributed by atoms with Gasteiger partial charge in [0.25, 0.3) is 0 Å². The van der Waals surface area contributed by atoms with Crippen molar-refractivity contribution in [3.63, 3.8) is 0 Å². The molecule has 3 nitrogen and oxygen atoms in total. The molecule has 1 aliphatic carbocycles. The van der Waals surface area contributed by atoms with Gasteiger partial charge >= 0.3 is 0 Å². The Morgan fingerprint density at radius 2 is 2.31 bits per heavy atom. The average molecular weight is 178 g/mol. The molecule has 0 aromatic heterocycles. The van der Waals surface area contributed by atoms with E-state index in [2.05, 4.69) is 24.4 Å². The van der Waals surface area contributed by atoms with Crippen LogP contribution in [0.2, 0.25) is 0 Å². The van der Waals surface area contributed by atoms with Crippen LogP contribution in [0.25, 0.3) is 0 Å².